The van der Waals surface area contributed by atoms with Crippen LogP contribution in [-0.2, 0) is 4.79 Å². The van der Waals surface area contributed by atoms with Gasteiger partial charge in [-0.2, -0.15) is 0 Å². The minimum Gasteiger partial charge on any atom is -0.342 e. The summed E-state index contributed by atoms with van der Waals surface area (Å²) in [6, 6.07) is 0. The van der Waals surface area contributed by atoms with Gasteiger partial charge in [-0.3, -0.25) is 4.79 Å². The lowest BCUT2D eigenvalue weighted by molar-refractivity contribution is -0.129. The van der Waals surface area contributed by atoms with Crippen LogP contribution in [0.5, 0.6) is 0 Å². The predicted octanol–water partition coefficient (Wildman–Crippen LogP) is 2.60. The molecule has 0 N–H and O–H groups in total. The van der Waals surface area contributed by atoms with Crippen LogP contribution in [0, 0.1) is 0 Å². The number of carbonyl (C=O) groups excluding carboxylic acids is 1. The summed E-state index contributed by atoms with van der Waals surface area (Å²) in [6.07, 6.45) is 4.84. The summed E-state index contributed by atoms with van der Waals surface area (Å²) in [7, 11) is 1.86. The number of unbranched alkanes of at least 4 members (excludes halogenated alkanes) is 1. The van der Waals surface area contributed by atoms with Crippen LogP contribution < -0.4 is 0 Å². The van der Waals surface area contributed by atoms with Gasteiger partial charge in [0.15, 0.2) is 0 Å². The Morgan fingerprint density at radius 1 is 1.38 bits per heavy atom. The van der Waals surface area contributed by atoms with Crippen LogP contribution in [0.4, 0.5) is 0 Å². The van der Waals surface area contributed by atoms with Gasteiger partial charge in [-0.15, -0.1) is 0 Å². The molecule has 0 aromatic carbocycles. The van der Waals surface area contributed by atoms with Crippen LogP contribution >= 0.6 is 0 Å². The molecule has 0 unspecified atom stereocenters. The van der Waals surface area contributed by atoms with Crippen molar-refractivity contribution in [3.63, 3.8) is 0 Å². The molecule has 0 saturated carbocycles. The number of carbonyl (C=O) groups is 1. The Balaban J connectivity index is 3.76. The number of amides is 1. The van der Waals surface area contributed by atoms with Gasteiger partial charge in [0.05, 0.1) is 0 Å². The summed E-state index contributed by atoms with van der Waals surface area (Å²) in [5.41, 5.74) is 1.26. The molecule has 0 aliphatic rings. The van der Waals surface area contributed by atoms with Crippen LogP contribution in [0.25, 0.3) is 0 Å². The molecular weight excluding hydrogens is 162 g/mol. The number of allylic oxidation sites excluding steroid dienone is 1. The Morgan fingerprint density at radius 2 is 2.00 bits per heavy atom. The van der Waals surface area contributed by atoms with E-state index >= 15 is 0 Å². The lowest BCUT2D eigenvalue weighted by atomic mass is 10.2. The molecule has 0 spiro atoms. The first-order valence-corrected chi connectivity index (χ1v) is 4.95. The Morgan fingerprint density at radius 3 is 2.46 bits per heavy atom. The van der Waals surface area contributed by atoms with Gasteiger partial charge in [0.1, 0.15) is 0 Å². The molecule has 0 radical (unpaired) electrons. The predicted molar refractivity (Wildman–Crippen MR) is 56.6 cm³/mol. The van der Waals surface area contributed by atoms with Gasteiger partial charge in [0.25, 0.3) is 0 Å². The summed E-state index contributed by atoms with van der Waals surface area (Å²) in [5.74, 6) is 0.249. The molecule has 0 heterocycles. The molecular formula is C11H21NO. The SMILES string of the molecule is CCCCC(=O)N(C)CC=C(C)C. The molecule has 0 fully saturated rings. The van der Waals surface area contributed by atoms with Crippen molar-refractivity contribution < 1.29 is 4.79 Å². The van der Waals surface area contributed by atoms with Crippen LogP contribution in [0.3, 0.4) is 0 Å². The van der Waals surface area contributed by atoms with Gasteiger partial charge in [0, 0.05) is 20.0 Å². The van der Waals surface area contributed by atoms with Gasteiger partial charge in [-0.25, -0.2) is 0 Å². The van der Waals surface area contributed by atoms with Crippen molar-refractivity contribution in [2.75, 3.05) is 13.6 Å². The number of nitrogens with zero attached hydrogens (tertiary/aromatic N) is 1. The Bertz CT molecular complexity index is 181. The minimum absolute atomic E-state index is 0.249. The summed E-state index contributed by atoms with van der Waals surface area (Å²) >= 11 is 0. The fraction of sp³-hybridized carbons (Fsp3) is 0.727. The average Bonchev–Trinajstić information content (AvgIpc) is 2.10. The van der Waals surface area contributed by atoms with E-state index in [2.05, 4.69) is 13.0 Å². The zero-order valence-corrected chi connectivity index (χ0v) is 9.26. The molecule has 1 amide bonds. The summed E-state index contributed by atoms with van der Waals surface area (Å²) < 4.78 is 0. The minimum atomic E-state index is 0.249. The summed E-state index contributed by atoms with van der Waals surface area (Å²) in [6.45, 7) is 6.93. The second-order valence-electron chi connectivity index (χ2n) is 3.66. The molecule has 0 aliphatic heterocycles. The van der Waals surface area contributed by atoms with E-state index in [1.165, 1.54) is 5.57 Å². The van der Waals surface area contributed by atoms with Gasteiger partial charge in [0.2, 0.25) is 5.91 Å². The summed E-state index contributed by atoms with van der Waals surface area (Å²) in [4.78, 5) is 13.2. The van der Waals surface area contributed by atoms with Gasteiger partial charge in [-0.1, -0.05) is 25.0 Å². The van der Waals surface area contributed by atoms with E-state index in [0.717, 1.165) is 19.4 Å². The molecule has 0 aliphatic carbocycles. The molecule has 76 valence electrons. The topological polar surface area (TPSA) is 20.3 Å². The van der Waals surface area contributed by atoms with E-state index in [1.54, 1.807) is 4.90 Å². The van der Waals surface area contributed by atoms with Gasteiger partial charge in [-0.05, 0) is 20.3 Å². The highest BCUT2D eigenvalue weighted by molar-refractivity contribution is 5.75. The van der Waals surface area contributed by atoms with Crippen molar-refractivity contribution in [3.05, 3.63) is 11.6 Å². The lowest BCUT2D eigenvalue weighted by Gasteiger charge is -2.14. The fourth-order valence-corrected chi connectivity index (χ4v) is 0.940. The quantitative estimate of drug-likeness (QED) is 0.600. The number of hydrogen-bond donors (Lipinski definition) is 0. The summed E-state index contributed by atoms with van der Waals surface area (Å²) in [5, 5.41) is 0. The van der Waals surface area contributed by atoms with Gasteiger partial charge >= 0.3 is 0 Å². The largest absolute Gasteiger partial charge is 0.342 e. The third-order valence-electron chi connectivity index (χ3n) is 1.94. The van der Waals surface area contributed by atoms with Gasteiger partial charge < -0.3 is 4.90 Å². The van der Waals surface area contributed by atoms with Crippen molar-refractivity contribution in [2.24, 2.45) is 0 Å². The van der Waals surface area contributed by atoms with Crippen molar-refractivity contribution in [3.8, 4) is 0 Å². The monoisotopic (exact) mass is 183 g/mol. The first-order chi connectivity index (χ1) is 6.07. The Labute approximate surface area is 81.6 Å². The highest BCUT2D eigenvalue weighted by atomic mass is 16.2. The molecule has 2 nitrogen and oxygen atoms in total. The average molecular weight is 183 g/mol. The van der Waals surface area contributed by atoms with Crippen molar-refractivity contribution in [1.82, 2.24) is 4.90 Å². The maximum Gasteiger partial charge on any atom is 0.222 e. The van der Waals surface area contributed by atoms with Crippen LogP contribution in [0.2, 0.25) is 0 Å². The maximum atomic E-state index is 11.4. The number of rotatable bonds is 5. The standard InChI is InChI=1S/C11H21NO/c1-5-6-7-11(13)12(4)9-8-10(2)3/h8H,5-7,9H2,1-4H3. The zero-order valence-electron chi connectivity index (χ0n) is 9.26. The van der Waals surface area contributed by atoms with Crippen LogP contribution in [0.1, 0.15) is 40.0 Å². The lowest BCUT2D eigenvalue weighted by Crippen LogP contribution is -2.26. The van der Waals surface area contributed by atoms with Crippen LogP contribution in [-0.4, -0.2) is 24.4 Å². The van der Waals surface area contributed by atoms with E-state index in [4.69, 9.17) is 0 Å². The van der Waals surface area contributed by atoms with Crippen LogP contribution in [0.15, 0.2) is 11.6 Å². The van der Waals surface area contributed by atoms with E-state index in [1.807, 2.05) is 20.9 Å². The molecule has 0 aromatic rings. The maximum absolute atomic E-state index is 11.4. The molecule has 0 bridgehead atoms. The van der Waals surface area contributed by atoms with E-state index in [9.17, 15) is 4.79 Å². The van der Waals surface area contributed by atoms with E-state index in [0.29, 0.717) is 6.42 Å². The molecule has 0 aromatic heterocycles. The van der Waals surface area contributed by atoms with Crippen molar-refractivity contribution >= 4 is 5.91 Å². The molecule has 0 atom stereocenters. The normalized spacial score (nSPS) is 9.54. The van der Waals surface area contributed by atoms with Crippen molar-refractivity contribution in [2.45, 2.75) is 40.0 Å². The molecule has 0 rings (SSSR count). The smallest absolute Gasteiger partial charge is 0.222 e. The second-order valence-corrected chi connectivity index (χ2v) is 3.66. The third-order valence-corrected chi connectivity index (χ3v) is 1.94. The number of likely N-dealkylation sites (N-methyl/N-ethyl adjacent to an activating group) is 1. The molecule has 13 heavy (non-hydrogen) atoms. The first-order valence-electron chi connectivity index (χ1n) is 4.95. The third kappa shape index (κ3) is 6.38. The first kappa shape index (κ1) is 12.2. The molecule has 0 saturated heterocycles. The highest BCUT2D eigenvalue weighted by Crippen LogP contribution is 1.99. The van der Waals surface area contributed by atoms with Crippen molar-refractivity contribution in [1.29, 1.82) is 0 Å². The van der Waals surface area contributed by atoms with E-state index < -0.39 is 0 Å². The number of hydrogen-bond acceptors (Lipinski definition) is 1. The Kier molecular flexibility index (Phi) is 6.29. The zero-order chi connectivity index (χ0) is 10.3. The van der Waals surface area contributed by atoms with E-state index in [-0.39, 0.29) is 5.91 Å². The second kappa shape index (κ2) is 6.70. The fourth-order valence-electron chi connectivity index (χ4n) is 0.940. The Hall–Kier alpha value is -0.790. The highest BCUT2D eigenvalue weighted by Gasteiger charge is 2.05. The molecule has 2 heteroatoms.